The van der Waals surface area contributed by atoms with Crippen molar-refractivity contribution in [2.24, 2.45) is 50.2 Å². The van der Waals surface area contributed by atoms with Crippen molar-refractivity contribution < 1.29 is 178 Å². The molecule has 0 aromatic heterocycles. The van der Waals surface area contributed by atoms with Gasteiger partial charge in [0, 0.05) is 5.41 Å². The summed E-state index contributed by atoms with van der Waals surface area (Å²) >= 11 is 0. The van der Waals surface area contributed by atoms with Crippen LogP contribution in [0.3, 0.4) is 0 Å². The number of carbonyl (C=O) groups excluding carboxylic acids is 3. The van der Waals surface area contributed by atoms with Crippen molar-refractivity contribution in [3.05, 3.63) is 11.6 Å². The Kier molecular flexibility index (Phi) is 26.4. The van der Waals surface area contributed by atoms with Crippen molar-refractivity contribution in [3.8, 4) is 0 Å². The highest BCUT2D eigenvalue weighted by atomic mass is 16.8. The minimum absolute atomic E-state index is 0.00532. The second-order valence-corrected chi connectivity index (χ2v) is 34.5. The largest absolute Gasteiger partial charge is 0.462 e. The van der Waals surface area contributed by atoms with Gasteiger partial charge < -0.3 is 163 Å². The maximum Gasteiger partial charge on any atom is 0.317 e. The molecular weight excluding hydrogens is 1450 g/mol. The van der Waals surface area contributed by atoms with Crippen LogP contribution in [-0.2, 0) is 80.7 Å². The average molecular weight is 1570 g/mol. The standard InChI is InChI=1S/C73H118O36/c1-27(77)18-41(81)97-28(2)19-42(82)103-56-31(5)100-66(59(52(56)92)107-63-51(91)48(88)55(30(4)99-63)104-61-53(93)57(35(79)25-96-61)105-62-49(89)46(86)43(83)29(3)98-62)109-67(95)73-17-16-68(6,7)20-33(73)32-12-13-39-69(8)21-34(78)60(70(9,26-76)38(69)14-15-71(39,10)72(32,11)22-40(73)80)108-65-54(94)58(45(85)37(24-75)102-65)106-64-50(90)47(87)44(84)36(23-74)101-64/h12,27-31,33-40,43-66,74-80,83-94H,13-26H2,1-11H3/t27-,28+,29-,30-,31+,33-,34-,35+,36+,37+,38+,39+,40+,43-,44+,45+,46+,47-,48-,49+,50+,51+,52-,53+,54+,55-,56-,57-,58-,59+,60-,61-,62-,63-,64-,65-,66-,69-,70-,71+,72+,73+/m0/s1. The van der Waals surface area contributed by atoms with E-state index in [0.717, 1.165) is 5.57 Å². The van der Waals surface area contributed by atoms with Crippen LogP contribution in [0, 0.1) is 50.2 Å². The van der Waals surface area contributed by atoms with E-state index >= 15 is 4.79 Å². The predicted molar refractivity (Wildman–Crippen MR) is 362 cm³/mol. The molecule has 11 rings (SSSR count). The Labute approximate surface area is 630 Å². The van der Waals surface area contributed by atoms with Gasteiger partial charge in [-0.1, -0.05) is 53.2 Å². The zero-order valence-electron chi connectivity index (χ0n) is 63.3. The molecule has 42 atom stereocenters. The summed E-state index contributed by atoms with van der Waals surface area (Å²) in [6, 6.07) is 0. The van der Waals surface area contributed by atoms with E-state index in [4.69, 9.17) is 66.3 Å². The van der Waals surface area contributed by atoms with Crippen molar-refractivity contribution in [1.29, 1.82) is 0 Å². The van der Waals surface area contributed by atoms with Crippen LogP contribution < -0.4 is 0 Å². The van der Waals surface area contributed by atoms with Gasteiger partial charge in [-0.2, -0.15) is 0 Å². The van der Waals surface area contributed by atoms with Gasteiger partial charge in [0.2, 0.25) is 6.29 Å². The lowest BCUT2D eigenvalue weighted by Crippen LogP contribution is -2.71. The van der Waals surface area contributed by atoms with E-state index in [1.807, 2.05) is 0 Å². The molecule has 0 bridgehead atoms. The fourth-order valence-electron chi connectivity index (χ4n) is 20.5. The van der Waals surface area contributed by atoms with Crippen LogP contribution in [0.4, 0.5) is 0 Å². The van der Waals surface area contributed by atoms with Gasteiger partial charge in [-0.05, 0) is 125 Å². The molecule has 626 valence electrons. The lowest BCUT2D eigenvalue weighted by Gasteiger charge is -2.72. The number of ether oxygens (including phenoxy) is 14. The highest BCUT2D eigenvalue weighted by molar-refractivity contribution is 5.80. The first-order chi connectivity index (χ1) is 51.0. The van der Waals surface area contributed by atoms with Gasteiger partial charge in [0.05, 0.1) is 82.0 Å². The van der Waals surface area contributed by atoms with Crippen LogP contribution in [0.5, 0.6) is 0 Å². The lowest BCUT2D eigenvalue weighted by atomic mass is 9.33. The first kappa shape index (κ1) is 86.8. The number of esters is 3. The Balaban J connectivity index is 0.840. The minimum atomic E-state index is -2.12. The molecule has 5 aliphatic carbocycles. The number of aliphatic hydroxyl groups excluding tert-OH is 19. The van der Waals surface area contributed by atoms with Crippen molar-refractivity contribution in [3.63, 3.8) is 0 Å². The van der Waals surface area contributed by atoms with Crippen molar-refractivity contribution >= 4 is 17.9 Å². The van der Waals surface area contributed by atoms with Crippen LogP contribution in [0.1, 0.15) is 140 Å². The molecule has 36 heteroatoms. The molecular formula is C73H118O36. The molecule has 4 saturated carbocycles. The van der Waals surface area contributed by atoms with Crippen LogP contribution in [0.25, 0.3) is 0 Å². The normalized spacial score (nSPS) is 51.8. The second-order valence-electron chi connectivity index (χ2n) is 34.5. The Morgan fingerprint density at radius 3 is 1.69 bits per heavy atom. The Hall–Kier alpha value is -3.05. The molecule has 36 nitrogen and oxygen atoms in total. The van der Waals surface area contributed by atoms with Crippen molar-refractivity contribution in [2.75, 3.05) is 26.4 Å². The third-order valence-corrected chi connectivity index (χ3v) is 26.7. The lowest BCUT2D eigenvalue weighted by molar-refractivity contribution is -0.380. The number of carbonyl (C=O) groups is 3. The fraction of sp³-hybridized carbons (Fsp3) is 0.932. The maximum absolute atomic E-state index is 16.0. The molecule has 6 aliphatic heterocycles. The van der Waals surface area contributed by atoms with Crippen LogP contribution in [0.2, 0.25) is 0 Å². The predicted octanol–water partition coefficient (Wildman–Crippen LogP) is -5.11. The Morgan fingerprint density at radius 1 is 0.505 bits per heavy atom. The first-order valence-corrected chi connectivity index (χ1v) is 38.2. The molecule has 0 aromatic rings. The Morgan fingerprint density at radius 2 is 1.06 bits per heavy atom. The van der Waals surface area contributed by atoms with Crippen LogP contribution in [0.15, 0.2) is 11.6 Å². The van der Waals surface area contributed by atoms with Crippen LogP contribution >= 0.6 is 0 Å². The highest BCUT2D eigenvalue weighted by Gasteiger charge is 2.74. The molecule has 0 amide bonds. The summed E-state index contributed by atoms with van der Waals surface area (Å²) < 4.78 is 83.3. The summed E-state index contributed by atoms with van der Waals surface area (Å²) in [6.07, 6.45) is -53.0. The summed E-state index contributed by atoms with van der Waals surface area (Å²) in [6.45, 7) is 16.4. The summed E-state index contributed by atoms with van der Waals surface area (Å²) in [7, 11) is 0. The quantitative estimate of drug-likeness (QED) is 0.0221. The topological polar surface area (TPSA) is 565 Å². The van der Waals surface area contributed by atoms with E-state index in [-0.39, 0.29) is 31.6 Å². The first-order valence-electron chi connectivity index (χ1n) is 38.2. The molecule has 0 unspecified atom stereocenters. The monoisotopic (exact) mass is 1570 g/mol. The SMILES string of the molecule is C[C@H](O)CC(=O)O[C@H](C)CC(=O)O[C@@H]1[C@H](O)[C@@H](O[C@@H]2O[C@@H](C)[C@H](O[C@@H]3OC[C@@H](O)[C@H](O[C@@H]4O[C@@H](C)[C@H](O)[C@@H](O)[C@H]4O)[C@H]3O)[C@@H](O)[C@H]2O)[C@H](OC(=O)[C@]23CCC(C)(C)C[C@H]2C2=CC[C@@H]4[C@@]5(C)C[C@H](O)[C@H](O[C@@H]6O[C@H](CO)[C@@H](O)[C@H](O[C@@H]7O[C@H](CO)[C@@H](O)[C@H](O)[C@H]7O)[C@H]6O)[C@@](C)(CO)[C@@H]5CC[C@@]4(C)[C@]2(C)C[C@H]3O)O[C@@H]1C. The molecule has 0 aromatic carbocycles. The molecule has 6 saturated heterocycles. The molecule has 6 heterocycles. The number of rotatable bonds is 21. The summed E-state index contributed by atoms with van der Waals surface area (Å²) in [5.41, 5.74) is -4.98. The zero-order valence-corrected chi connectivity index (χ0v) is 63.3. The fourth-order valence-corrected chi connectivity index (χ4v) is 20.5. The smallest absolute Gasteiger partial charge is 0.317 e. The minimum Gasteiger partial charge on any atom is -0.462 e. The molecule has 0 radical (unpaired) electrons. The molecule has 0 spiro atoms. The number of aliphatic hydroxyl groups is 19. The van der Waals surface area contributed by atoms with Crippen LogP contribution in [-0.4, -0.2) is 350 Å². The number of fused-ring (bicyclic) bond motifs is 7. The number of allylic oxidation sites excluding steroid dienone is 2. The third kappa shape index (κ3) is 15.8. The average Bonchev–Trinajstić information content (AvgIpc) is 0.668. The van der Waals surface area contributed by atoms with Gasteiger partial charge in [-0.25, -0.2) is 0 Å². The number of hydrogen-bond acceptors (Lipinski definition) is 36. The summed E-state index contributed by atoms with van der Waals surface area (Å²) in [5.74, 6) is -4.20. The van der Waals surface area contributed by atoms with Crippen molar-refractivity contribution in [1.82, 2.24) is 0 Å². The van der Waals surface area contributed by atoms with Crippen molar-refractivity contribution in [2.45, 2.75) is 349 Å². The van der Waals surface area contributed by atoms with Gasteiger partial charge >= 0.3 is 17.9 Å². The number of hydrogen-bond donors (Lipinski definition) is 19. The Bertz CT molecular complexity index is 3150. The molecule has 109 heavy (non-hydrogen) atoms. The molecule has 10 fully saturated rings. The van der Waals surface area contributed by atoms with E-state index in [2.05, 4.69) is 40.7 Å². The zero-order chi connectivity index (χ0) is 80.2. The van der Waals surface area contributed by atoms with E-state index < -0.39 is 304 Å². The molecule has 11 aliphatic rings. The third-order valence-electron chi connectivity index (χ3n) is 26.7. The van der Waals surface area contributed by atoms with Gasteiger partial charge in [0.15, 0.2) is 43.7 Å². The second kappa shape index (κ2) is 33.2. The summed E-state index contributed by atoms with van der Waals surface area (Å²) in [5, 5.41) is 213. The summed E-state index contributed by atoms with van der Waals surface area (Å²) in [4.78, 5) is 42.2. The van der Waals surface area contributed by atoms with E-state index in [1.165, 1.54) is 34.6 Å². The highest BCUT2D eigenvalue weighted by Crippen LogP contribution is 2.76. The van der Waals surface area contributed by atoms with Gasteiger partial charge in [0.1, 0.15) is 121 Å². The van der Waals surface area contributed by atoms with E-state index in [1.54, 1.807) is 6.92 Å². The molecule has 19 N–H and O–H groups in total. The maximum atomic E-state index is 16.0. The van der Waals surface area contributed by atoms with E-state index in [0.29, 0.717) is 32.1 Å². The van der Waals surface area contributed by atoms with Gasteiger partial charge in [-0.3, -0.25) is 14.4 Å². The van der Waals surface area contributed by atoms with Gasteiger partial charge in [0.25, 0.3) is 0 Å². The van der Waals surface area contributed by atoms with Gasteiger partial charge in [-0.15, -0.1) is 0 Å². The van der Waals surface area contributed by atoms with E-state index in [9.17, 15) is 107 Å².